The lowest BCUT2D eigenvalue weighted by molar-refractivity contribution is -0.384. The van der Waals surface area contributed by atoms with Gasteiger partial charge in [-0.2, -0.15) is 4.68 Å². The van der Waals surface area contributed by atoms with E-state index in [4.69, 9.17) is 20.5 Å². The van der Waals surface area contributed by atoms with Crippen LogP contribution in [0.4, 0.5) is 11.4 Å². The molecule has 1 saturated heterocycles. The lowest BCUT2D eigenvalue weighted by Crippen LogP contribution is -2.37. The quantitative estimate of drug-likeness (QED) is 0.225. The van der Waals surface area contributed by atoms with Gasteiger partial charge in [0.15, 0.2) is 5.82 Å². The first-order valence-corrected chi connectivity index (χ1v) is 9.49. The highest BCUT2D eigenvalue weighted by Gasteiger charge is 2.24. The van der Waals surface area contributed by atoms with Crippen LogP contribution in [0.2, 0.25) is 6.32 Å². The molecule has 0 radical (unpaired) electrons. The van der Waals surface area contributed by atoms with Crippen LogP contribution in [0, 0.1) is 10.1 Å². The molecule has 0 aliphatic carbocycles. The second-order valence-electron chi connectivity index (χ2n) is 6.85. The van der Waals surface area contributed by atoms with E-state index in [1.807, 2.05) is 0 Å². The van der Waals surface area contributed by atoms with Crippen LogP contribution in [0.25, 0.3) is 5.69 Å². The topological polar surface area (TPSA) is 166 Å². The van der Waals surface area contributed by atoms with Crippen molar-refractivity contribution in [3.63, 3.8) is 0 Å². The normalized spacial score (nSPS) is 15.3. The summed E-state index contributed by atoms with van der Waals surface area (Å²) in [5.41, 5.74) is 7.45. The van der Waals surface area contributed by atoms with E-state index in [-0.39, 0.29) is 12.0 Å². The molecule has 12 nitrogen and oxygen atoms in total. The molecular weight excluding hydrogens is 381 g/mol. The third kappa shape index (κ3) is 5.26. The number of tetrazole rings is 1. The number of nitro groups is 1. The molecule has 1 aromatic heterocycles. The fraction of sp³-hybridized carbons (Fsp3) is 0.562. The second kappa shape index (κ2) is 9.74. The number of rotatable bonds is 9. The zero-order valence-corrected chi connectivity index (χ0v) is 15.9. The van der Waals surface area contributed by atoms with Crippen LogP contribution in [0.5, 0.6) is 0 Å². The predicted octanol–water partition coefficient (Wildman–Crippen LogP) is 0.0500. The van der Waals surface area contributed by atoms with E-state index >= 15 is 0 Å². The fourth-order valence-electron chi connectivity index (χ4n) is 3.28. The molecule has 1 aromatic carbocycles. The van der Waals surface area contributed by atoms with Crippen molar-refractivity contribution < 1.29 is 19.7 Å². The molecule has 2 heterocycles. The first-order valence-electron chi connectivity index (χ1n) is 9.49. The first kappa shape index (κ1) is 21.1. The number of anilines is 1. The van der Waals surface area contributed by atoms with Crippen LogP contribution < -0.4 is 10.6 Å². The van der Waals surface area contributed by atoms with Crippen molar-refractivity contribution in [2.75, 3.05) is 31.2 Å². The number of nitrogens with two attached hydrogens (primary N) is 1. The third-order valence-corrected chi connectivity index (χ3v) is 4.80. The summed E-state index contributed by atoms with van der Waals surface area (Å²) in [6.07, 6.45) is 2.07. The zero-order chi connectivity index (χ0) is 20.8. The average Bonchev–Trinajstić information content (AvgIpc) is 3.21. The largest absolute Gasteiger partial charge is 0.451 e. The number of nitrogens with zero attached hydrogens (tertiary/aromatic N) is 6. The van der Waals surface area contributed by atoms with E-state index < -0.39 is 18.1 Å². The van der Waals surface area contributed by atoms with Crippen molar-refractivity contribution in [1.29, 1.82) is 0 Å². The maximum Gasteiger partial charge on any atom is 0.451 e. The number of hydrogen-bond acceptors (Lipinski definition) is 10. The molecule has 0 saturated carbocycles. The molecule has 156 valence electrons. The number of benzene rings is 1. The Balaban J connectivity index is 1.88. The van der Waals surface area contributed by atoms with Crippen LogP contribution in [0.3, 0.4) is 0 Å². The van der Waals surface area contributed by atoms with E-state index in [0.717, 1.165) is 5.69 Å². The SMILES string of the molecule is NC(CCCCB(O)O)c1nnnn1-c1cc([N+](=O)[O-])ccc1N1CCOCC1. The van der Waals surface area contributed by atoms with E-state index in [2.05, 4.69) is 20.4 Å². The van der Waals surface area contributed by atoms with Crippen molar-refractivity contribution in [2.24, 2.45) is 5.73 Å². The van der Waals surface area contributed by atoms with Gasteiger partial charge in [-0.15, -0.1) is 5.10 Å². The molecule has 1 aliphatic heterocycles. The van der Waals surface area contributed by atoms with Crippen LogP contribution in [0.15, 0.2) is 18.2 Å². The molecule has 1 unspecified atom stereocenters. The molecule has 2 aromatic rings. The summed E-state index contributed by atoms with van der Waals surface area (Å²) in [7, 11) is -1.34. The summed E-state index contributed by atoms with van der Waals surface area (Å²) in [5, 5.41) is 41.0. The minimum absolute atomic E-state index is 0.0658. The third-order valence-electron chi connectivity index (χ3n) is 4.80. The highest BCUT2D eigenvalue weighted by Crippen LogP contribution is 2.30. The average molecular weight is 405 g/mol. The van der Waals surface area contributed by atoms with E-state index in [1.165, 1.54) is 16.8 Å². The van der Waals surface area contributed by atoms with E-state index in [0.29, 0.717) is 57.1 Å². The summed E-state index contributed by atoms with van der Waals surface area (Å²) in [6, 6.07) is 4.09. The van der Waals surface area contributed by atoms with Crippen molar-refractivity contribution >= 4 is 18.5 Å². The molecule has 1 fully saturated rings. The van der Waals surface area contributed by atoms with Gasteiger partial charge in [0.2, 0.25) is 0 Å². The predicted molar refractivity (Wildman–Crippen MR) is 105 cm³/mol. The van der Waals surface area contributed by atoms with Gasteiger partial charge in [-0.25, -0.2) is 0 Å². The number of non-ortho nitro benzene ring substituents is 1. The van der Waals surface area contributed by atoms with Gasteiger partial charge in [-0.3, -0.25) is 10.1 Å². The fourth-order valence-corrected chi connectivity index (χ4v) is 3.28. The Morgan fingerprint density at radius 3 is 2.72 bits per heavy atom. The Labute approximate surface area is 167 Å². The lowest BCUT2D eigenvalue weighted by atomic mass is 9.83. The van der Waals surface area contributed by atoms with Gasteiger partial charge in [0.25, 0.3) is 5.69 Å². The number of morpholine rings is 1. The zero-order valence-electron chi connectivity index (χ0n) is 15.9. The summed E-state index contributed by atoms with van der Waals surface area (Å²) in [4.78, 5) is 12.9. The number of unbranched alkanes of at least 4 members (excludes halogenated alkanes) is 1. The number of hydrogen-bond donors (Lipinski definition) is 3. The Morgan fingerprint density at radius 2 is 2.03 bits per heavy atom. The van der Waals surface area contributed by atoms with Gasteiger partial charge in [-0.05, 0) is 29.2 Å². The van der Waals surface area contributed by atoms with Gasteiger partial charge in [0.05, 0.1) is 35.6 Å². The molecule has 1 atom stereocenters. The van der Waals surface area contributed by atoms with Gasteiger partial charge < -0.3 is 25.4 Å². The molecular formula is C16H24BN7O5. The smallest absolute Gasteiger partial charge is 0.427 e. The van der Waals surface area contributed by atoms with Crippen LogP contribution in [-0.2, 0) is 4.74 Å². The maximum absolute atomic E-state index is 11.3. The lowest BCUT2D eigenvalue weighted by Gasteiger charge is -2.30. The monoisotopic (exact) mass is 405 g/mol. The van der Waals surface area contributed by atoms with Crippen LogP contribution in [0.1, 0.15) is 31.1 Å². The van der Waals surface area contributed by atoms with Gasteiger partial charge in [-0.1, -0.05) is 12.8 Å². The Kier molecular flexibility index (Phi) is 7.09. The minimum atomic E-state index is -1.34. The van der Waals surface area contributed by atoms with Crippen molar-refractivity contribution in [1.82, 2.24) is 20.2 Å². The standard InChI is InChI=1S/C16H24BN7O5/c18-13(3-1-2-6-17(25)26)16-19-20-21-23(16)15-11-12(24(27)28)4-5-14(15)22-7-9-29-10-8-22/h4-5,11,13,25-26H,1-3,6-10,18H2. The Morgan fingerprint density at radius 1 is 1.28 bits per heavy atom. The summed E-state index contributed by atoms with van der Waals surface area (Å²) >= 11 is 0. The van der Waals surface area contributed by atoms with Crippen molar-refractivity contribution in [3.8, 4) is 5.69 Å². The maximum atomic E-state index is 11.3. The van der Waals surface area contributed by atoms with Crippen LogP contribution in [-0.4, -0.2) is 68.6 Å². The molecule has 0 bridgehead atoms. The second-order valence-corrected chi connectivity index (χ2v) is 6.85. The number of nitro benzene ring substituents is 1. The van der Waals surface area contributed by atoms with Crippen LogP contribution >= 0.6 is 0 Å². The number of aromatic nitrogens is 4. The Bertz CT molecular complexity index is 828. The van der Waals surface area contributed by atoms with Gasteiger partial charge in [0, 0.05) is 25.2 Å². The molecule has 0 amide bonds. The highest BCUT2D eigenvalue weighted by atomic mass is 16.6. The first-order chi connectivity index (χ1) is 14.0. The molecule has 4 N–H and O–H groups in total. The summed E-state index contributed by atoms with van der Waals surface area (Å²) < 4.78 is 6.84. The highest BCUT2D eigenvalue weighted by molar-refractivity contribution is 6.40. The molecule has 29 heavy (non-hydrogen) atoms. The van der Waals surface area contributed by atoms with Gasteiger partial charge >= 0.3 is 7.12 Å². The van der Waals surface area contributed by atoms with E-state index in [1.54, 1.807) is 6.07 Å². The van der Waals surface area contributed by atoms with Gasteiger partial charge in [0.1, 0.15) is 0 Å². The number of ether oxygens (including phenoxy) is 1. The molecule has 1 aliphatic rings. The molecule has 3 rings (SSSR count). The van der Waals surface area contributed by atoms with Crippen molar-refractivity contribution in [3.05, 3.63) is 34.1 Å². The summed E-state index contributed by atoms with van der Waals surface area (Å²) in [5.74, 6) is 0.393. The molecule has 0 spiro atoms. The molecule has 13 heteroatoms. The van der Waals surface area contributed by atoms with Crippen molar-refractivity contribution in [2.45, 2.75) is 31.6 Å². The summed E-state index contributed by atoms with van der Waals surface area (Å²) in [6.45, 7) is 2.43. The Hall–Kier alpha value is -2.61. The minimum Gasteiger partial charge on any atom is -0.427 e. The van der Waals surface area contributed by atoms with E-state index in [9.17, 15) is 10.1 Å².